The third kappa shape index (κ3) is 5.07. The Labute approximate surface area is 70.0 Å². The molecule has 0 aliphatic heterocycles. The molecule has 2 heteroatoms. The zero-order valence-electron chi connectivity index (χ0n) is 6.73. The van der Waals surface area contributed by atoms with E-state index >= 15 is 0 Å². The van der Waals surface area contributed by atoms with E-state index in [9.17, 15) is 0 Å². The summed E-state index contributed by atoms with van der Waals surface area (Å²) < 4.78 is 0. The molecule has 1 N–H and O–H groups in total. The number of hydrogen-bond acceptors (Lipinski definition) is 1. The first kappa shape index (κ1) is 10.2. The van der Waals surface area contributed by atoms with Crippen LogP contribution in [0.25, 0.3) is 0 Å². The van der Waals surface area contributed by atoms with Crippen molar-refractivity contribution in [1.82, 2.24) is 5.32 Å². The fourth-order valence-electron chi connectivity index (χ4n) is 1.01. The summed E-state index contributed by atoms with van der Waals surface area (Å²) in [4.78, 5) is 0. The van der Waals surface area contributed by atoms with E-state index in [1.54, 1.807) is 0 Å². The van der Waals surface area contributed by atoms with Gasteiger partial charge < -0.3 is 5.32 Å². The van der Waals surface area contributed by atoms with Crippen molar-refractivity contribution in [3.05, 3.63) is 0 Å². The Morgan fingerprint density at radius 3 is 2.50 bits per heavy atom. The van der Waals surface area contributed by atoms with Crippen molar-refractivity contribution >= 4 is 12.4 Å². The Morgan fingerprint density at radius 1 is 1.30 bits per heavy atom. The molecule has 0 amide bonds. The van der Waals surface area contributed by atoms with Gasteiger partial charge in [0.25, 0.3) is 0 Å². The molecule has 0 saturated heterocycles. The second kappa shape index (κ2) is 5.99. The second-order valence-electron chi connectivity index (χ2n) is 2.98. The number of hydrogen-bond donors (Lipinski definition) is 1. The van der Waals surface area contributed by atoms with Crippen LogP contribution in [0.5, 0.6) is 0 Å². The van der Waals surface area contributed by atoms with Gasteiger partial charge >= 0.3 is 0 Å². The molecule has 10 heavy (non-hydrogen) atoms. The average Bonchev–Trinajstić information content (AvgIpc) is 2.63. The maximum atomic E-state index is 3.41. The molecule has 0 spiro atoms. The Balaban J connectivity index is 0.000000810. The van der Waals surface area contributed by atoms with Crippen LogP contribution in [-0.4, -0.2) is 13.1 Å². The molecule has 0 unspecified atom stereocenters. The van der Waals surface area contributed by atoms with Crippen molar-refractivity contribution in [2.24, 2.45) is 5.92 Å². The van der Waals surface area contributed by atoms with E-state index in [1.807, 2.05) is 0 Å². The minimum atomic E-state index is 0. The van der Waals surface area contributed by atoms with Crippen molar-refractivity contribution in [3.63, 3.8) is 0 Å². The molecule has 0 aromatic heterocycles. The van der Waals surface area contributed by atoms with Gasteiger partial charge in [-0.05, 0) is 31.8 Å². The third-order valence-corrected chi connectivity index (χ3v) is 1.85. The van der Waals surface area contributed by atoms with E-state index in [2.05, 4.69) is 12.2 Å². The molecule has 62 valence electrons. The maximum absolute atomic E-state index is 3.41. The van der Waals surface area contributed by atoms with Gasteiger partial charge in [-0.25, -0.2) is 0 Å². The maximum Gasteiger partial charge on any atom is -0.00463 e. The zero-order chi connectivity index (χ0) is 6.53. The van der Waals surface area contributed by atoms with E-state index in [0.29, 0.717) is 0 Å². The van der Waals surface area contributed by atoms with E-state index in [-0.39, 0.29) is 12.4 Å². The highest BCUT2D eigenvalue weighted by atomic mass is 35.5. The van der Waals surface area contributed by atoms with Gasteiger partial charge in [-0.2, -0.15) is 0 Å². The summed E-state index contributed by atoms with van der Waals surface area (Å²) in [5.41, 5.74) is 0. The van der Waals surface area contributed by atoms with Crippen LogP contribution in [0.1, 0.15) is 32.6 Å². The van der Waals surface area contributed by atoms with E-state index in [0.717, 1.165) is 5.92 Å². The number of halogens is 1. The Kier molecular flexibility index (Phi) is 6.14. The SMILES string of the molecule is CCCNCCC1CC1.Cl. The highest BCUT2D eigenvalue weighted by Crippen LogP contribution is 2.31. The monoisotopic (exact) mass is 163 g/mol. The molecule has 1 nitrogen and oxygen atoms in total. The fraction of sp³-hybridized carbons (Fsp3) is 1.00. The second-order valence-corrected chi connectivity index (χ2v) is 2.98. The van der Waals surface area contributed by atoms with Gasteiger partial charge in [-0.3, -0.25) is 0 Å². The predicted molar refractivity (Wildman–Crippen MR) is 47.7 cm³/mol. The van der Waals surface area contributed by atoms with Crippen molar-refractivity contribution in [2.75, 3.05) is 13.1 Å². The standard InChI is InChI=1S/C8H17N.ClH/c1-2-6-9-7-5-8-3-4-8;/h8-9H,2-7H2,1H3;1H. The van der Waals surface area contributed by atoms with Gasteiger partial charge in [-0.1, -0.05) is 19.8 Å². The van der Waals surface area contributed by atoms with Crippen molar-refractivity contribution in [1.29, 1.82) is 0 Å². The minimum Gasteiger partial charge on any atom is -0.317 e. The first-order valence-corrected chi connectivity index (χ1v) is 4.14. The van der Waals surface area contributed by atoms with Crippen molar-refractivity contribution in [2.45, 2.75) is 32.6 Å². The van der Waals surface area contributed by atoms with Crippen LogP contribution < -0.4 is 5.32 Å². The molecule has 0 radical (unpaired) electrons. The summed E-state index contributed by atoms with van der Waals surface area (Å²) in [6, 6.07) is 0. The summed E-state index contributed by atoms with van der Waals surface area (Å²) in [6.07, 6.45) is 5.67. The first-order valence-electron chi connectivity index (χ1n) is 4.14. The highest BCUT2D eigenvalue weighted by molar-refractivity contribution is 5.85. The van der Waals surface area contributed by atoms with Gasteiger partial charge in [0.15, 0.2) is 0 Å². The molecule has 1 aliphatic carbocycles. The predicted octanol–water partition coefficient (Wildman–Crippen LogP) is 2.21. The lowest BCUT2D eigenvalue weighted by Crippen LogP contribution is -2.16. The molecule has 0 heterocycles. The summed E-state index contributed by atoms with van der Waals surface area (Å²) >= 11 is 0. The molecule has 1 rings (SSSR count). The lowest BCUT2D eigenvalue weighted by molar-refractivity contribution is 0.607. The molecule has 0 atom stereocenters. The van der Waals surface area contributed by atoms with Crippen LogP contribution >= 0.6 is 12.4 Å². The molecule has 1 fully saturated rings. The summed E-state index contributed by atoms with van der Waals surface area (Å²) in [5.74, 6) is 1.09. The summed E-state index contributed by atoms with van der Waals surface area (Å²) in [5, 5.41) is 3.41. The van der Waals surface area contributed by atoms with Gasteiger partial charge in [-0.15, -0.1) is 12.4 Å². The Hall–Kier alpha value is 0.250. The van der Waals surface area contributed by atoms with E-state index < -0.39 is 0 Å². The van der Waals surface area contributed by atoms with Gasteiger partial charge in [0.05, 0.1) is 0 Å². The quantitative estimate of drug-likeness (QED) is 0.613. The lowest BCUT2D eigenvalue weighted by atomic mass is 10.3. The van der Waals surface area contributed by atoms with Crippen LogP contribution in [0.3, 0.4) is 0 Å². The molecule has 0 bridgehead atoms. The van der Waals surface area contributed by atoms with E-state index in [4.69, 9.17) is 0 Å². The molecule has 0 aromatic rings. The fourth-order valence-corrected chi connectivity index (χ4v) is 1.01. The van der Waals surface area contributed by atoms with Crippen LogP contribution in [0.15, 0.2) is 0 Å². The van der Waals surface area contributed by atoms with Gasteiger partial charge in [0, 0.05) is 0 Å². The topological polar surface area (TPSA) is 12.0 Å². The average molecular weight is 164 g/mol. The molecular weight excluding hydrogens is 146 g/mol. The molecule has 0 aromatic carbocycles. The number of nitrogens with one attached hydrogen (secondary N) is 1. The summed E-state index contributed by atoms with van der Waals surface area (Å²) in [7, 11) is 0. The first-order chi connectivity index (χ1) is 4.43. The minimum absolute atomic E-state index is 0. The van der Waals surface area contributed by atoms with Gasteiger partial charge in [0.1, 0.15) is 0 Å². The largest absolute Gasteiger partial charge is 0.317 e. The normalized spacial score (nSPS) is 16.5. The van der Waals surface area contributed by atoms with Crippen LogP contribution in [0, 0.1) is 5.92 Å². The van der Waals surface area contributed by atoms with Crippen molar-refractivity contribution in [3.8, 4) is 0 Å². The summed E-state index contributed by atoms with van der Waals surface area (Å²) in [6.45, 7) is 4.66. The third-order valence-electron chi connectivity index (χ3n) is 1.85. The molecule has 1 saturated carbocycles. The zero-order valence-corrected chi connectivity index (χ0v) is 7.54. The number of rotatable bonds is 5. The van der Waals surface area contributed by atoms with Crippen LogP contribution in [-0.2, 0) is 0 Å². The highest BCUT2D eigenvalue weighted by Gasteiger charge is 2.19. The van der Waals surface area contributed by atoms with Crippen LogP contribution in [0.4, 0.5) is 0 Å². The molecular formula is C8H18ClN. The Bertz CT molecular complexity index is 71.7. The lowest BCUT2D eigenvalue weighted by Gasteiger charge is -1.99. The smallest absolute Gasteiger partial charge is 0.00463 e. The Morgan fingerprint density at radius 2 is 2.00 bits per heavy atom. The van der Waals surface area contributed by atoms with Crippen LogP contribution in [0.2, 0.25) is 0 Å². The van der Waals surface area contributed by atoms with Gasteiger partial charge in [0.2, 0.25) is 0 Å². The van der Waals surface area contributed by atoms with Crippen molar-refractivity contribution < 1.29 is 0 Å². The van der Waals surface area contributed by atoms with E-state index in [1.165, 1.54) is 38.8 Å². The molecule has 1 aliphatic rings.